The molecule has 3 nitrogen and oxygen atoms in total. The lowest BCUT2D eigenvalue weighted by atomic mass is 10.2. The molecular weight excluding hydrogens is 350 g/mol. The summed E-state index contributed by atoms with van der Waals surface area (Å²) in [6, 6.07) is 21.0. The lowest BCUT2D eigenvalue weighted by Crippen LogP contribution is -2.39. The molecule has 0 saturated carbocycles. The Morgan fingerprint density at radius 1 is 0.880 bits per heavy atom. The van der Waals surface area contributed by atoms with Crippen LogP contribution in [0.4, 0.5) is 0 Å². The Bertz CT molecular complexity index is 563. The van der Waals surface area contributed by atoms with Crippen LogP contribution in [0.15, 0.2) is 60.7 Å². The highest BCUT2D eigenvalue weighted by Crippen LogP contribution is 2.10. The zero-order valence-corrected chi connectivity index (χ0v) is 16.7. The number of hydrogen-bond acceptors (Lipinski definition) is 2. The Labute approximate surface area is 163 Å². The zero-order valence-electron chi connectivity index (χ0n) is 15.0. The standard InChI is InChI=1S/C20H27N3S.ClH/c1-22(2)15-9-14-21-20(24)23(16-18-10-5-3-6-11-18)17-19-12-7-4-8-13-19;/h3-8,10-13H,9,14-17H2,1-2H3,(H,21,24);1H. The van der Waals surface area contributed by atoms with Crippen LogP contribution in [0.2, 0.25) is 0 Å². The molecule has 5 heteroatoms. The molecule has 1 N–H and O–H groups in total. The van der Waals surface area contributed by atoms with E-state index in [2.05, 4.69) is 77.7 Å². The fourth-order valence-corrected chi connectivity index (χ4v) is 2.74. The third-order valence-corrected chi connectivity index (χ3v) is 4.18. The van der Waals surface area contributed by atoms with Crippen molar-refractivity contribution in [1.82, 2.24) is 15.1 Å². The summed E-state index contributed by atoms with van der Waals surface area (Å²) < 4.78 is 0. The van der Waals surface area contributed by atoms with Crippen molar-refractivity contribution in [2.45, 2.75) is 19.5 Å². The Morgan fingerprint density at radius 2 is 1.36 bits per heavy atom. The van der Waals surface area contributed by atoms with Crippen LogP contribution in [0, 0.1) is 0 Å². The first-order valence-corrected chi connectivity index (χ1v) is 8.81. The topological polar surface area (TPSA) is 18.5 Å². The molecule has 0 aliphatic carbocycles. The molecule has 0 fully saturated rings. The van der Waals surface area contributed by atoms with E-state index in [0.717, 1.165) is 37.7 Å². The minimum Gasteiger partial charge on any atom is -0.363 e. The van der Waals surface area contributed by atoms with Crippen LogP contribution in [-0.4, -0.2) is 42.1 Å². The van der Waals surface area contributed by atoms with Crippen LogP contribution in [-0.2, 0) is 13.1 Å². The van der Waals surface area contributed by atoms with E-state index in [4.69, 9.17) is 12.2 Å². The minimum atomic E-state index is 0. The first kappa shape index (κ1) is 21.4. The second-order valence-corrected chi connectivity index (χ2v) is 6.60. The quantitative estimate of drug-likeness (QED) is 0.554. The number of benzene rings is 2. The van der Waals surface area contributed by atoms with Crippen LogP contribution in [0.5, 0.6) is 0 Å². The molecule has 0 spiro atoms. The number of rotatable bonds is 8. The van der Waals surface area contributed by atoms with Gasteiger partial charge in [-0.25, -0.2) is 0 Å². The van der Waals surface area contributed by atoms with Gasteiger partial charge in [-0.3, -0.25) is 0 Å². The summed E-state index contributed by atoms with van der Waals surface area (Å²) >= 11 is 5.65. The van der Waals surface area contributed by atoms with Gasteiger partial charge in [0.1, 0.15) is 0 Å². The number of nitrogens with zero attached hydrogens (tertiary/aromatic N) is 2. The molecule has 0 aromatic heterocycles. The van der Waals surface area contributed by atoms with Crippen LogP contribution in [0.25, 0.3) is 0 Å². The predicted octanol–water partition coefficient (Wildman–Crippen LogP) is 3.94. The van der Waals surface area contributed by atoms with Gasteiger partial charge in [-0.05, 0) is 50.4 Å². The molecule has 136 valence electrons. The third-order valence-electron chi connectivity index (χ3n) is 3.78. The Balaban J connectivity index is 0.00000312. The maximum Gasteiger partial charge on any atom is 0.169 e. The lowest BCUT2D eigenvalue weighted by Gasteiger charge is -2.26. The van der Waals surface area contributed by atoms with Crippen LogP contribution in [0.3, 0.4) is 0 Å². The summed E-state index contributed by atoms with van der Waals surface area (Å²) in [4.78, 5) is 4.42. The van der Waals surface area contributed by atoms with E-state index >= 15 is 0 Å². The minimum absolute atomic E-state index is 0. The maximum absolute atomic E-state index is 5.65. The van der Waals surface area contributed by atoms with Gasteiger partial charge in [0.15, 0.2) is 5.11 Å². The van der Waals surface area contributed by atoms with Crippen LogP contribution < -0.4 is 5.32 Å². The molecule has 0 unspecified atom stereocenters. The van der Waals surface area contributed by atoms with E-state index in [9.17, 15) is 0 Å². The van der Waals surface area contributed by atoms with Crippen molar-refractivity contribution in [2.24, 2.45) is 0 Å². The van der Waals surface area contributed by atoms with Gasteiger partial charge in [0.2, 0.25) is 0 Å². The third kappa shape index (κ3) is 8.34. The van der Waals surface area contributed by atoms with Crippen molar-refractivity contribution >= 4 is 29.7 Å². The fraction of sp³-hybridized carbons (Fsp3) is 0.350. The van der Waals surface area contributed by atoms with E-state index in [1.165, 1.54) is 11.1 Å². The zero-order chi connectivity index (χ0) is 17.2. The number of nitrogens with one attached hydrogen (secondary N) is 1. The fourth-order valence-electron chi connectivity index (χ4n) is 2.51. The number of halogens is 1. The van der Waals surface area contributed by atoms with E-state index < -0.39 is 0 Å². The first-order valence-electron chi connectivity index (χ1n) is 8.40. The van der Waals surface area contributed by atoms with Gasteiger partial charge in [0.05, 0.1) is 0 Å². The molecule has 2 aromatic rings. The average molecular weight is 378 g/mol. The molecule has 2 aromatic carbocycles. The monoisotopic (exact) mass is 377 g/mol. The molecule has 0 aliphatic rings. The SMILES string of the molecule is CN(C)CCCNC(=S)N(Cc1ccccc1)Cc1ccccc1.Cl. The van der Waals surface area contributed by atoms with Crippen molar-refractivity contribution in [2.75, 3.05) is 27.2 Å². The van der Waals surface area contributed by atoms with Gasteiger partial charge < -0.3 is 15.1 Å². The number of hydrogen-bond donors (Lipinski definition) is 1. The second-order valence-electron chi connectivity index (χ2n) is 6.22. The summed E-state index contributed by atoms with van der Waals surface area (Å²) in [5.41, 5.74) is 2.54. The van der Waals surface area contributed by atoms with E-state index in [-0.39, 0.29) is 12.4 Å². The molecule has 0 saturated heterocycles. The molecule has 0 amide bonds. The summed E-state index contributed by atoms with van der Waals surface area (Å²) in [5, 5.41) is 4.23. The van der Waals surface area contributed by atoms with E-state index in [1.807, 2.05) is 12.1 Å². The number of thiocarbonyl (C=S) groups is 1. The molecular formula is C20H28ClN3S. The second kappa shape index (κ2) is 11.9. The molecule has 0 atom stereocenters. The van der Waals surface area contributed by atoms with Gasteiger partial charge in [0.25, 0.3) is 0 Å². The van der Waals surface area contributed by atoms with Crippen molar-refractivity contribution in [3.8, 4) is 0 Å². The largest absolute Gasteiger partial charge is 0.363 e. The summed E-state index contributed by atoms with van der Waals surface area (Å²) in [7, 11) is 4.19. The van der Waals surface area contributed by atoms with E-state index in [0.29, 0.717) is 0 Å². The molecule has 25 heavy (non-hydrogen) atoms. The summed E-state index contributed by atoms with van der Waals surface area (Å²) in [6.07, 6.45) is 1.08. The molecule has 0 bridgehead atoms. The summed E-state index contributed by atoms with van der Waals surface area (Å²) in [6.45, 7) is 3.59. The summed E-state index contributed by atoms with van der Waals surface area (Å²) in [5.74, 6) is 0. The van der Waals surface area contributed by atoms with Crippen molar-refractivity contribution in [3.63, 3.8) is 0 Å². The molecule has 0 heterocycles. The van der Waals surface area contributed by atoms with Crippen molar-refractivity contribution in [1.29, 1.82) is 0 Å². The highest BCUT2D eigenvalue weighted by molar-refractivity contribution is 7.80. The van der Waals surface area contributed by atoms with Crippen molar-refractivity contribution < 1.29 is 0 Å². The normalized spacial score (nSPS) is 10.2. The Morgan fingerprint density at radius 3 is 1.80 bits per heavy atom. The van der Waals surface area contributed by atoms with Gasteiger partial charge >= 0.3 is 0 Å². The first-order chi connectivity index (χ1) is 11.6. The molecule has 2 rings (SSSR count). The van der Waals surface area contributed by atoms with Crippen molar-refractivity contribution in [3.05, 3.63) is 71.8 Å². The van der Waals surface area contributed by atoms with Crippen LogP contribution in [0.1, 0.15) is 17.5 Å². The van der Waals surface area contributed by atoms with E-state index in [1.54, 1.807) is 0 Å². The Kier molecular flexibility index (Phi) is 10.2. The van der Waals surface area contributed by atoms with Gasteiger partial charge in [-0.1, -0.05) is 60.7 Å². The van der Waals surface area contributed by atoms with Gasteiger partial charge in [-0.15, -0.1) is 12.4 Å². The highest BCUT2D eigenvalue weighted by Gasteiger charge is 2.11. The highest BCUT2D eigenvalue weighted by atomic mass is 35.5. The van der Waals surface area contributed by atoms with Gasteiger partial charge in [-0.2, -0.15) is 0 Å². The average Bonchev–Trinajstić information content (AvgIpc) is 2.59. The molecule has 0 aliphatic heterocycles. The van der Waals surface area contributed by atoms with Gasteiger partial charge in [0, 0.05) is 19.6 Å². The lowest BCUT2D eigenvalue weighted by molar-refractivity contribution is 0.384. The van der Waals surface area contributed by atoms with Crippen LogP contribution >= 0.6 is 24.6 Å². The Hall–Kier alpha value is -1.62. The molecule has 0 radical (unpaired) electrons. The smallest absolute Gasteiger partial charge is 0.169 e. The predicted molar refractivity (Wildman–Crippen MR) is 113 cm³/mol. The maximum atomic E-state index is 5.65.